The van der Waals surface area contributed by atoms with E-state index in [1.165, 1.54) is 30.2 Å². The number of nitrogens with zero attached hydrogens (tertiary/aromatic N) is 2. The summed E-state index contributed by atoms with van der Waals surface area (Å²) in [5.41, 5.74) is 4.28. The molecule has 2 heterocycles. The van der Waals surface area contributed by atoms with Crippen LogP contribution in [0.25, 0.3) is 11.3 Å². The van der Waals surface area contributed by atoms with Crippen LogP contribution in [0.2, 0.25) is 0 Å². The number of thioether (sulfide) groups is 1. The van der Waals surface area contributed by atoms with Crippen LogP contribution < -0.4 is 5.32 Å². The van der Waals surface area contributed by atoms with Crippen LogP contribution in [0.15, 0.2) is 60.7 Å². The highest BCUT2D eigenvalue weighted by Crippen LogP contribution is 2.18. The Labute approximate surface area is 169 Å². The molecular weight excluding hydrogens is 368 g/mol. The fourth-order valence-corrected chi connectivity index (χ4v) is 4.24. The SMILES string of the molecule is O=C(Nc1ccc(CCN2CCSCC2)cc1)c1cc(-c2ccccc2)n[nH]1. The quantitative estimate of drug-likeness (QED) is 0.667. The van der Waals surface area contributed by atoms with E-state index in [0.29, 0.717) is 5.69 Å². The summed E-state index contributed by atoms with van der Waals surface area (Å²) >= 11 is 2.04. The number of hydrogen-bond acceptors (Lipinski definition) is 4. The molecule has 1 amide bonds. The summed E-state index contributed by atoms with van der Waals surface area (Å²) in [5.74, 6) is 2.29. The Bertz CT molecular complexity index is 902. The molecule has 0 bridgehead atoms. The van der Waals surface area contributed by atoms with Gasteiger partial charge in [0.1, 0.15) is 5.69 Å². The van der Waals surface area contributed by atoms with E-state index in [-0.39, 0.29) is 5.91 Å². The predicted octanol–water partition coefficient (Wildman–Crippen LogP) is 3.92. The molecular formula is C22H24N4OS. The van der Waals surface area contributed by atoms with Crippen molar-refractivity contribution >= 4 is 23.4 Å². The number of H-pyrrole nitrogens is 1. The third-order valence-corrected chi connectivity index (χ3v) is 5.87. The maximum Gasteiger partial charge on any atom is 0.273 e. The summed E-state index contributed by atoms with van der Waals surface area (Å²) in [6.45, 7) is 3.48. The third kappa shape index (κ3) is 4.82. The number of carbonyl (C=O) groups excluding carboxylic acids is 1. The Hall–Kier alpha value is -2.57. The highest BCUT2D eigenvalue weighted by Gasteiger charge is 2.12. The van der Waals surface area contributed by atoms with Gasteiger partial charge in [-0.2, -0.15) is 16.9 Å². The summed E-state index contributed by atoms with van der Waals surface area (Å²) in [7, 11) is 0. The zero-order chi connectivity index (χ0) is 19.2. The zero-order valence-corrected chi connectivity index (χ0v) is 16.5. The maximum atomic E-state index is 12.5. The highest BCUT2D eigenvalue weighted by atomic mass is 32.2. The average molecular weight is 393 g/mol. The van der Waals surface area contributed by atoms with E-state index in [1.807, 2.05) is 54.2 Å². The third-order valence-electron chi connectivity index (χ3n) is 4.92. The summed E-state index contributed by atoms with van der Waals surface area (Å²) in [6.07, 6.45) is 1.04. The van der Waals surface area contributed by atoms with Crippen molar-refractivity contribution < 1.29 is 4.79 Å². The molecule has 144 valence electrons. The van der Waals surface area contributed by atoms with E-state index in [4.69, 9.17) is 0 Å². The van der Waals surface area contributed by atoms with Crippen LogP contribution >= 0.6 is 11.8 Å². The van der Waals surface area contributed by atoms with Crippen molar-refractivity contribution in [2.24, 2.45) is 0 Å². The first-order valence-corrected chi connectivity index (χ1v) is 10.7. The van der Waals surface area contributed by atoms with Gasteiger partial charge in [-0.1, -0.05) is 42.5 Å². The number of aromatic nitrogens is 2. The standard InChI is InChI=1S/C22H24N4OS/c27-22(21-16-20(24-25-21)18-4-2-1-3-5-18)23-19-8-6-17(7-9-19)10-11-26-12-14-28-15-13-26/h1-9,16H,10-15H2,(H,23,27)(H,24,25). The van der Waals surface area contributed by atoms with Crippen LogP contribution in [-0.2, 0) is 6.42 Å². The molecule has 0 atom stereocenters. The second-order valence-corrected chi connectivity index (χ2v) is 8.11. The van der Waals surface area contributed by atoms with Gasteiger partial charge in [0.2, 0.25) is 0 Å². The van der Waals surface area contributed by atoms with E-state index < -0.39 is 0 Å². The summed E-state index contributed by atoms with van der Waals surface area (Å²) in [5, 5.41) is 10.00. The van der Waals surface area contributed by atoms with Crippen LogP contribution in [0.3, 0.4) is 0 Å². The number of aromatic amines is 1. The average Bonchev–Trinajstić information content (AvgIpc) is 3.25. The molecule has 1 aliphatic rings. The van der Waals surface area contributed by atoms with Gasteiger partial charge in [0, 0.05) is 42.4 Å². The van der Waals surface area contributed by atoms with Crippen LogP contribution in [0, 0.1) is 0 Å². The normalized spacial score (nSPS) is 14.7. The molecule has 6 heteroatoms. The highest BCUT2D eigenvalue weighted by molar-refractivity contribution is 7.99. The molecule has 2 aromatic carbocycles. The number of nitrogens with one attached hydrogen (secondary N) is 2. The Kier molecular flexibility index (Phi) is 6.09. The van der Waals surface area contributed by atoms with Crippen molar-refractivity contribution in [3.05, 3.63) is 71.9 Å². The molecule has 28 heavy (non-hydrogen) atoms. The predicted molar refractivity (Wildman–Crippen MR) is 116 cm³/mol. The molecule has 4 rings (SSSR count). The fraction of sp³-hybridized carbons (Fsp3) is 0.273. The molecule has 1 fully saturated rings. The van der Waals surface area contributed by atoms with Crippen LogP contribution in [-0.4, -0.2) is 52.1 Å². The van der Waals surface area contributed by atoms with Crippen molar-refractivity contribution in [3.63, 3.8) is 0 Å². The minimum Gasteiger partial charge on any atom is -0.321 e. The van der Waals surface area contributed by atoms with Gasteiger partial charge in [-0.25, -0.2) is 0 Å². The Morgan fingerprint density at radius 3 is 2.57 bits per heavy atom. The first-order chi connectivity index (χ1) is 13.8. The number of hydrogen-bond donors (Lipinski definition) is 2. The van der Waals surface area contributed by atoms with E-state index in [0.717, 1.165) is 29.9 Å². The maximum absolute atomic E-state index is 12.5. The largest absolute Gasteiger partial charge is 0.321 e. The van der Waals surface area contributed by atoms with Crippen molar-refractivity contribution in [2.75, 3.05) is 36.5 Å². The molecule has 0 aliphatic carbocycles. The molecule has 2 N–H and O–H groups in total. The minimum atomic E-state index is -0.187. The topological polar surface area (TPSA) is 61.0 Å². The van der Waals surface area contributed by atoms with Gasteiger partial charge in [0.05, 0.1) is 5.69 Å². The van der Waals surface area contributed by atoms with Gasteiger partial charge >= 0.3 is 0 Å². The number of carbonyl (C=O) groups is 1. The lowest BCUT2D eigenvalue weighted by atomic mass is 10.1. The molecule has 5 nitrogen and oxygen atoms in total. The summed E-state index contributed by atoms with van der Waals surface area (Å²) in [4.78, 5) is 15.0. The monoisotopic (exact) mass is 392 g/mol. The molecule has 1 aromatic heterocycles. The van der Waals surface area contributed by atoms with Gasteiger partial charge in [-0.3, -0.25) is 9.89 Å². The van der Waals surface area contributed by atoms with Gasteiger partial charge in [-0.05, 0) is 30.2 Å². The second kappa shape index (κ2) is 9.08. The van der Waals surface area contributed by atoms with E-state index >= 15 is 0 Å². The lowest BCUT2D eigenvalue weighted by Gasteiger charge is -2.26. The number of amides is 1. The van der Waals surface area contributed by atoms with Crippen molar-refractivity contribution in [1.82, 2.24) is 15.1 Å². The summed E-state index contributed by atoms with van der Waals surface area (Å²) < 4.78 is 0. The van der Waals surface area contributed by atoms with Gasteiger partial charge < -0.3 is 10.2 Å². The molecule has 0 unspecified atom stereocenters. The van der Waals surface area contributed by atoms with Gasteiger partial charge in [0.15, 0.2) is 0 Å². The van der Waals surface area contributed by atoms with Gasteiger partial charge in [0.25, 0.3) is 5.91 Å². The number of anilines is 1. The van der Waals surface area contributed by atoms with Crippen LogP contribution in [0.4, 0.5) is 5.69 Å². The molecule has 0 spiro atoms. The van der Waals surface area contributed by atoms with E-state index in [9.17, 15) is 4.79 Å². The zero-order valence-electron chi connectivity index (χ0n) is 15.7. The lowest BCUT2D eigenvalue weighted by Crippen LogP contribution is -2.34. The van der Waals surface area contributed by atoms with Crippen LogP contribution in [0.1, 0.15) is 16.1 Å². The Balaban J connectivity index is 1.32. The lowest BCUT2D eigenvalue weighted by molar-refractivity contribution is 0.102. The Morgan fingerprint density at radius 1 is 1.07 bits per heavy atom. The fourth-order valence-electron chi connectivity index (χ4n) is 3.26. The van der Waals surface area contributed by atoms with E-state index in [2.05, 4.69) is 32.5 Å². The van der Waals surface area contributed by atoms with Crippen LogP contribution in [0.5, 0.6) is 0 Å². The van der Waals surface area contributed by atoms with E-state index in [1.54, 1.807) is 6.07 Å². The smallest absolute Gasteiger partial charge is 0.273 e. The Morgan fingerprint density at radius 2 is 1.82 bits per heavy atom. The van der Waals surface area contributed by atoms with Crippen molar-refractivity contribution in [2.45, 2.75) is 6.42 Å². The summed E-state index contributed by atoms with van der Waals surface area (Å²) in [6, 6.07) is 19.7. The molecule has 3 aromatic rings. The molecule has 1 aliphatic heterocycles. The molecule has 0 saturated carbocycles. The first kappa shape index (κ1) is 18.8. The molecule has 1 saturated heterocycles. The van der Waals surface area contributed by atoms with Gasteiger partial charge in [-0.15, -0.1) is 0 Å². The molecule has 0 radical (unpaired) electrons. The van der Waals surface area contributed by atoms with Crippen molar-refractivity contribution in [1.29, 1.82) is 0 Å². The first-order valence-electron chi connectivity index (χ1n) is 9.59. The number of benzene rings is 2. The number of rotatable bonds is 6. The van der Waals surface area contributed by atoms with Crippen molar-refractivity contribution in [3.8, 4) is 11.3 Å². The minimum absolute atomic E-state index is 0.187. The second-order valence-electron chi connectivity index (χ2n) is 6.89.